The van der Waals surface area contributed by atoms with E-state index in [1.54, 1.807) is 6.07 Å². The highest BCUT2D eigenvalue weighted by Crippen LogP contribution is 2.34. The Labute approximate surface area is 117 Å². The molecule has 0 aromatic heterocycles. The van der Waals surface area contributed by atoms with Gasteiger partial charge in [-0.15, -0.1) is 0 Å². The first kappa shape index (κ1) is 14.4. The van der Waals surface area contributed by atoms with Gasteiger partial charge in [0.25, 0.3) is 0 Å². The maximum absolute atomic E-state index is 9.59. The van der Waals surface area contributed by atoms with Crippen LogP contribution in [0.1, 0.15) is 44.6 Å². The molecule has 0 bridgehead atoms. The summed E-state index contributed by atoms with van der Waals surface area (Å²) in [7, 11) is 2.08. The Hall–Kier alpha value is -1.02. The van der Waals surface area contributed by atoms with Crippen molar-refractivity contribution < 1.29 is 5.11 Å². The average Bonchev–Trinajstić information content (AvgIpc) is 2.39. The maximum atomic E-state index is 9.59. The van der Waals surface area contributed by atoms with Gasteiger partial charge in [0, 0.05) is 6.04 Å². The van der Waals surface area contributed by atoms with Gasteiger partial charge in [-0.05, 0) is 62.3 Å². The third kappa shape index (κ3) is 3.97. The van der Waals surface area contributed by atoms with Crippen LogP contribution in [0.2, 0.25) is 0 Å². The van der Waals surface area contributed by atoms with Crippen molar-refractivity contribution in [1.82, 2.24) is 5.32 Å². The predicted octanol–water partition coefficient (Wildman–Crippen LogP) is 3.74. The Morgan fingerprint density at radius 2 is 2.16 bits per heavy atom. The van der Waals surface area contributed by atoms with Gasteiger partial charge in [0.15, 0.2) is 0 Å². The summed E-state index contributed by atoms with van der Waals surface area (Å²) in [6.07, 6.45) is 7.75. The minimum Gasteiger partial charge on any atom is -0.508 e. The lowest BCUT2D eigenvalue weighted by molar-refractivity contribution is 0.200. The summed E-state index contributed by atoms with van der Waals surface area (Å²) in [5, 5.41) is 13.1. The molecule has 1 aromatic rings. The Bertz CT molecular complexity index is 391. The number of nitrogens with one attached hydrogen (secondary N) is 1. The number of hydrogen-bond acceptors (Lipinski definition) is 2. The third-order valence-electron chi connectivity index (χ3n) is 4.57. The van der Waals surface area contributed by atoms with Crippen LogP contribution in [0.4, 0.5) is 0 Å². The Balaban J connectivity index is 2.01. The molecule has 1 aliphatic carbocycles. The third-order valence-corrected chi connectivity index (χ3v) is 4.57. The van der Waals surface area contributed by atoms with E-state index in [2.05, 4.69) is 25.4 Å². The molecule has 0 amide bonds. The number of phenolic OH excluding ortho intramolecular Hbond substituents is 1. The van der Waals surface area contributed by atoms with Gasteiger partial charge in [-0.3, -0.25) is 0 Å². The van der Waals surface area contributed by atoms with Gasteiger partial charge in [0.05, 0.1) is 0 Å². The van der Waals surface area contributed by atoms with Crippen LogP contribution < -0.4 is 5.32 Å². The van der Waals surface area contributed by atoms with Crippen molar-refractivity contribution in [2.75, 3.05) is 7.05 Å². The summed E-state index contributed by atoms with van der Waals surface area (Å²) in [5.74, 6) is 1.99. The fourth-order valence-electron chi connectivity index (χ4n) is 3.62. The van der Waals surface area contributed by atoms with Crippen molar-refractivity contribution in [1.29, 1.82) is 0 Å². The summed E-state index contributed by atoms with van der Waals surface area (Å²) in [4.78, 5) is 0. The zero-order valence-electron chi connectivity index (χ0n) is 12.2. The van der Waals surface area contributed by atoms with E-state index in [0.29, 0.717) is 17.7 Å². The highest BCUT2D eigenvalue weighted by molar-refractivity contribution is 5.27. The van der Waals surface area contributed by atoms with Crippen LogP contribution in [-0.4, -0.2) is 18.2 Å². The normalized spacial score (nSPS) is 27.4. The van der Waals surface area contributed by atoms with Crippen molar-refractivity contribution in [3.05, 3.63) is 29.8 Å². The first-order valence-corrected chi connectivity index (χ1v) is 7.68. The molecule has 19 heavy (non-hydrogen) atoms. The Morgan fingerprint density at radius 1 is 1.32 bits per heavy atom. The topological polar surface area (TPSA) is 32.3 Å². The van der Waals surface area contributed by atoms with Crippen LogP contribution in [0.3, 0.4) is 0 Å². The van der Waals surface area contributed by atoms with E-state index in [9.17, 15) is 5.11 Å². The molecule has 1 aliphatic rings. The van der Waals surface area contributed by atoms with Crippen molar-refractivity contribution in [3.63, 3.8) is 0 Å². The second kappa shape index (κ2) is 6.95. The van der Waals surface area contributed by atoms with Crippen LogP contribution in [0.15, 0.2) is 24.3 Å². The minimum atomic E-state index is 0.388. The summed E-state index contributed by atoms with van der Waals surface area (Å²) >= 11 is 0. The Morgan fingerprint density at radius 3 is 2.84 bits per heavy atom. The highest BCUT2D eigenvalue weighted by Gasteiger charge is 2.29. The Kier molecular flexibility index (Phi) is 5.26. The van der Waals surface area contributed by atoms with E-state index >= 15 is 0 Å². The summed E-state index contributed by atoms with van der Waals surface area (Å²) in [5.41, 5.74) is 1.27. The van der Waals surface area contributed by atoms with Gasteiger partial charge in [-0.25, -0.2) is 0 Å². The smallest absolute Gasteiger partial charge is 0.115 e. The van der Waals surface area contributed by atoms with E-state index in [1.165, 1.54) is 37.7 Å². The summed E-state index contributed by atoms with van der Waals surface area (Å²) in [6.45, 7) is 2.29. The number of rotatable bonds is 5. The quantitative estimate of drug-likeness (QED) is 0.846. The van der Waals surface area contributed by atoms with Crippen molar-refractivity contribution >= 4 is 0 Å². The lowest BCUT2D eigenvalue weighted by atomic mass is 9.74. The monoisotopic (exact) mass is 261 g/mol. The zero-order chi connectivity index (χ0) is 13.7. The molecule has 2 heteroatoms. The van der Waals surface area contributed by atoms with Crippen LogP contribution in [-0.2, 0) is 6.42 Å². The van der Waals surface area contributed by atoms with Gasteiger partial charge in [-0.2, -0.15) is 0 Å². The lowest BCUT2D eigenvalue weighted by Crippen LogP contribution is -2.39. The predicted molar refractivity (Wildman–Crippen MR) is 80.4 cm³/mol. The number of benzene rings is 1. The second-order valence-electron chi connectivity index (χ2n) is 6.00. The SMILES string of the molecule is CCCC1CCC(NC)C(Cc2cccc(O)c2)C1. The molecule has 2 rings (SSSR count). The second-order valence-corrected chi connectivity index (χ2v) is 6.00. The van der Waals surface area contributed by atoms with Crippen LogP contribution in [0.25, 0.3) is 0 Å². The van der Waals surface area contributed by atoms with E-state index < -0.39 is 0 Å². The maximum Gasteiger partial charge on any atom is 0.115 e. The molecule has 0 heterocycles. The number of hydrogen-bond donors (Lipinski definition) is 2. The van der Waals surface area contributed by atoms with Crippen LogP contribution in [0.5, 0.6) is 5.75 Å². The van der Waals surface area contributed by atoms with Gasteiger partial charge in [0.2, 0.25) is 0 Å². The molecule has 2 N–H and O–H groups in total. The number of phenols is 1. The van der Waals surface area contributed by atoms with E-state index in [-0.39, 0.29) is 0 Å². The molecule has 106 valence electrons. The van der Waals surface area contributed by atoms with Crippen molar-refractivity contribution in [2.45, 2.75) is 51.5 Å². The van der Waals surface area contributed by atoms with E-state index in [0.717, 1.165) is 12.3 Å². The fraction of sp³-hybridized carbons (Fsp3) is 0.647. The van der Waals surface area contributed by atoms with Crippen molar-refractivity contribution in [3.8, 4) is 5.75 Å². The standard InChI is InChI=1S/C17H27NO/c1-3-5-13-8-9-17(18-2)15(10-13)11-14-6-4-7-16(19)12-14/h4,6-7,12-13,15,17-19H,3,5,8-11H2,1-2H3. The molecular formula is C17H27NO. The van der Waals surface area contributed by atoms with Gasteiger partial charge >= 0.3 is 0 Å². The molecule has 0 radical (unpaired) electrons. The lowest BCUT2D eigenvalue weighted by Gasteiger charge is -2.36. The van der Waals surface area contributed by atoms with Crippen molar-refractivity contribution in [2.24, 2.45) is 11.8 Å². The summed E-state index contributed by atoms with van der Waals surface area (Å²) in [6, 6.07) is 8.38. The summed E-state index contributed by atoms with van der Waals surface area (Å²) < 4.78 is 0. The molecule has 0 saturated heterocycles. The molecule has 1 fully saturated rings. The first-order valence-electron chi connectivity index (χ1n) is 7.68. The molecule has 3 unspecified atom stereocenters. The molecule has 0 aliphatic heterocycles. The molecule has 1 aromatic carbocycles. The molecule has 2 nitrogen and oxygen atoms in total. The van der Waals surface area contributed by atoms with Gasteiger partial charge < -0.3 is 10.4 Å². The van der Waals surface area contributed by atoms with E-state index in [1.807, 2.05) is 12.1 Å². The molecule has 0 spiro atoms. The first-order chi connectivity index (χ1) is 9.22. The minimum absolute atomic E-state index is 0.388. The number of aromatic hydroxyl groups is 1. The van der Waals surface area contributed by atoms with Gasteiger partial charge in [0.1, 0.15) is 5.75 Å². The highest BCUT2D eigenvalue weighted by atomic mass is 16.3. The van der Waals surface area contributed by atoms with Gasteiger partial charge in [-0.1, -0.05) is 31.9 Å². The average molecular weight is 261 g/mol. The zero-order valence-corrected chi connectivity index (χ0v) is 12.2. The van der Waals surface area contributed by atoms with Crippen LogP contribution in [0, 0.1) is 11.8 Å². The molecule has 1 saturated carbocycles. The largest absolute Gasteiger partial charge is 0.508 e. The fourth-order valence-corrected chi connectivity index (χ4v) is 3.62. The molecule has 3 atom stereocenters. The molecular weight excluding hydrogens is 234 g/mol. The van der Waals surface area contributed by atoms with E-state index in [4.69, 9.17) is 0 Å². The van der Waals surface area contributed by atoms with Crippen LogP contribution >= 0.6 is 0 Å².